The van der Waals surface area contributed by atoms with Crippen LogP contribution in [-0.4, -0.2) is 15.0 Å². The number of halogens is 2. The topological polar surface area (TPSA) is 56.7 Å². The van der Waals surface area contributed by atoms with Crippen molar-refractivity contribution >= 4 is 11.6 Å². The first-order valence-corrected chi connectivity index (χ1v) is 7.19. The van der Waals surface area contributed by atoms with Crippen molar-refractivity contribution in [3.05, 3.63) is 70.6 Å². The van der Waals surface area contributed by atoms with Crippen LogP contribution in [0.25, 0.3) is 11.3 Å². The zero-order valence-electron chi connectivity index (χ0n) is 11.7. The molecule has 2 N–H and O–H groups in total. The van der Waals surface area contributed by atoms with Gasteiger partial charge in [-0.1, -0.05) is 53.2 Å². The van der Waals surface area contributed by atoms with E-state index in [-0.39, 0.29) is 18.9 Å². The van der Waals surface area contributed by atoms with Crippen LogP contribution in [0.5, 0.6) is 0 Å². The molecule has 0 unspecified atom stereocenters. The van der Waals surface area contributed by atoms with Crippen LogP contribution in [0.4, 0.5) is 4.39 Å². The standard InChI is InChI=1S/C16H14ClFN4/c17-13-7-4-8-14(18)12(13)10-22-16(15(9-19)20-21-22)11-5-2-1-3-6-11/h1-8H,9-10,19H2. The number of rotatable bonds is 4. The van der Waals surface area contributed by atoms with E-state index in [1.165, 1.54) is 6.07 Å². The van der Waals surface area contributed by atoms with Gasteiger partial charge in [-0.05, 0) is 12.1 Å². The smallest absolute Gasteiger partial charge is 0.129 e. The lowest BCUT2D eigenvalue weighted by molar-refractivity contribution is 0.579. The van der Waals surface area contributed by atoms with Crippen molar-refractivity contribution in [3.8, 4) is 11.3 Å². The Kier molecular flexibility index (Phi) is 4.18. The summed E-state index contributed by atoms with van der Waals surface area (Å²) in [6.45, 7) is 0.456. The van der Waals surface area contributed by atoms with Gasteiger partial charge in [0.2, 0.25) is 0 Å². The second-order valence-electron chi connectivity index (χ2n) is 4.81. The highest BCUT2D eigenvalue weighted by atomic mass is 35.5. The fourth-order valence-electron chi connectivity index (χ4n) is 2.34. The van der Waals surface area contributed by atoms with Crippen molar-refractivity contribution in [2.75, 3.05) is 0 Å². The van der Waals surface area contributed by atoms with Crippen molar-refractivity contribution in [1.82, 2.24) is 15.0 Å². The molecule has 0 atom stereocenters. The summed E-state index contributed by atoms with van der Waals surface area (Å²) in [5.74, 6) is -0.365. The van der Waals surface area contributed by atoms with Gasteiger partial charge in [-0.2, -0.15) is 0 Å². The van der Waals surface area contributed by atoms with Gasteiger partial charge in [-0.3, -0.25) is 0 Å². The summed E-state index contributed by atoms with van der Waals surface area (Å²) in [6, 6.07) is 14.3. The van der Waals surface area contributed by atoms with Crippen molar-refractivity contribution in [2.24, 2.45) is 5.73 Å². The molecule has 0 aliphatic rings. The van der Waals surface area contributed by atoms with Gasteiger partial charge in [0, 0.05) is 22.7 Å². The van der Waals surface area contributed by atoms with E-state index in [9.17, 15) is 4.39 Å². The van der Waals surface area contributed by atoms with Crippen molar-refractivity contribution in [3.63, 3.8) is 0 Å². The maximum Gasteiger partial charge on any atom is 0.129 e. The monoisotopic (exact) mass is 316 g/mol. The first-order chi connectivity index (χ1) is 10.7. The molecule has 3 rings (SSSR count). The number of hydrogen-bond acceptors (Lipinski definition) is 3. The highest BCUT2D eigenvalue weighted by molar-refractivity contribution is 6.31. The van der Waals surface area contributed by atoms with Gasteiger partial charge in [-0.25, -0.2) is 9.07 Å². The number of nitrogens with zero attached hydrogens (tertiary/aromatic N) is 3. The quantitative estimate of drug-likeness (QED) is 0.804. The van der Waals surface area contributed by atoms with E-state index < -0.39 is 0 Å². The maximum absolute atomic E-state index is 14.0. The SMILES string of the molecule is NCc1nnn(Cc2c(F)cccc2Cl)c1-c1ccccc1. The Morgan fingerprint density at radius 3 is 2.55 bits per heavy atom. The predicted octanol–water partition coefficient (Wildman–Crippen LogP) is 3.24. The minimum atomic E-state index is -0.365. The molecule has 0 amide bonds. The van der Waals surface area contributed by atoms with Gasteiger partial charge in [0.25, 0.3) is 0 Å². The Morgan fingerprint density at radius 2 is 1.86 bits per heavy atom. The zero-order valence-corrected chi connectivity index (χ0v) is 12.5. The molecule has 3 aromatic rings. The van der Waals surface area contributed by atoms with Gasteiger partial charge in [0.05, 0.1) is 12.2 Å². The van der Waals surface area contributed by atoms with Crippen LogP contribution in [0.2, 0.25) is 5.02 Å². The van der Waals surface area contributed by atoms with E-state index in [0.29, 0.717) is 16.3 Å². The minimum Gasteiger partial charge on any atom is -0.325 e. The third-order valence-electron chi connectivity index (χ3n) is 3.42. The lowest BCUT2D eigenvalue weighted by Gasteiger charge is -2.10. The van der Waals surface area contributed by atoms with Crippen LogP contribution < -0.4 is 5.73 Å². The first kappa shape index (κ1) is 14.7. The summed E-state index contributed by atoms with van der Waals surface area (Å²) in [4.78, 5) is 0. The fourth-order valence-corrected chi connectivity index (χ4v) is 2.56. The molecule has 0 bridgehead atoms. The molecule has 0 saturated carbocycles. The summed E-state index contributed by atoms with van der Waals surface area (Å²) >= 11 is 6.09. The number of nitrogens with two attached hydrogens (primary N) is 1. The molecule has 1 aromatic heterocycles. The largest absolute Gasteiger partial charge is 0.325 e. The van der Waals surface area contributed by atoms with Crippen molar-refractivity contribution < 1.29 is 4.39 Å². The molecular weight excluding hydrogens is 303 g/mol. The van der Waals surface area contributed by atoms with Crippen LogP contribution in [0.1, 0.15) is 11.3 Å². The number of benzene rings is 2. The maximum atomic E-state index is 14.0. The van der Waals surface area contributed by atoms with Crippen LogP contribution in [-0.2, 0) is 13.1 Å². The molecule has 4 nitrogen and oxygen atoms in total. The molecule has 1 heterocycles. The van der Waals surface area contributed by atoms with E-state index in [1.807, 2.05) is 30.3 Å². The molecule has 112 valence electrons. The Labute approximate surface area is 132 Å². The Balaban J connectivity index is 2.07. The van der Waals surface area contributed by atoms with E-state index >= 15 is 0 Å². The highest BCUT2D eigenvalue weighted by Gasteiger charge is 2.16. The van der Waals surface area contributed by atoms with Crippen LogP contribution >= 0.6 is 11.6 Å². The second kappa shape index (κ2) is 6.25. The van der Waals surface area contributed by atoms with Crippen LogP contribution in [0, 0.1) is 5.82 Å². The second-order valence-corrected chi connectivity index (χ2v) is 5.22. The molecule has 22 heavy (non-hydrogen) atoms. The van der Waals surface area contributed by atoms with E-state index in [1.54, 1.807) is 16.8 Å². The Morgan fingerprint density at radius 1 is 1.09 bits per heavy atom. The summed E-state index contributed by atoms with van der Waals surface area (Å²) in [5.41, 5.74) is 8.50. The Bertz CT molecular complexity index is 766. The van der Waals surface area contributed by atoms with E-state index in [4.69, 9.17) is 17.3 Å². The Hall–Kier alpha value is -2.24. The molecular formula is C16H14ClFN4. The summed E-state index contributed by atoms with van der Waals surface area (Å²) in [6.07, 6.45) is 0. The third-order valence-corrected chi connectivity index (χ3v) is 3.77. The van der Waals surface area contributed by atoms with Crippen LogP contribution in [0.3, 0.4) is 0 Å². The van der Waals surface area contributed by atoms with Gasteiger partial charge in [-0.15, -0.1) is 5.10 Å². The lowest BCUT2D eigenvalue weighted by atomic mass is 10.1. The molecule has 0 saturated heterocycles. The average molecular weight is 317 g/mol. The van der Waals surface area contributed by atoms with E-state index in [0.717, 1.165) is 11.3 Å². The molecule has 0 aliphatic carbocycles. The fraction of sp³-hybridized carbons (Fsp3) is 0.125. The molecule has 0 aliphatic heterocycles. The molecule has 2 aromatic carbocycles. The average Bonchev–Trinajstić information content (AvgIpc) is 2.94. The zero-order chi connectivity index (χ0) is 15.5. The van der Waals surface area contributed by atoms with Crippen LogP contribution in [0.15, 0.2) is 48.5 Å². The summed E-state index contributed by atoms with van der Waals surface area (Å²) in [7, 11) is 0. The molecule has 0 spiro atoms. The molecule has 0 fully saturated rings. The van der Waals surface area contributed by atoms with Gasteiger partial charge >= 0.3 is 0 Å². The molecule has 0 radical (unpaired) electrons. The summed E-state index contributed by atoms with van der Waals surface area (Å²) < 4.78 is 15.6. The van der Waals surface area contributed by atoms with Gasteiger partial charge in [0.1, 0.15) is 11.5 Å². The third kappa shape index (κ3) is 2.73. The lowest BCUT2D eigenvalue weighted by Crippen LogP contribution is -2.07. The highest BCUT2D eigenvalue weighted by Crippen LogP contribution is 2.25. The number of aromatic nitrogens is 3. The van der Waals surface area contributed by atoms with Crippen molar-refractivity contribution in [1.29, 1.82) is 0 Å². The number of hydrogen-bond donors (Lipinski definition) is 1. The van der Waals surface area contributed by atoms with Gasteiger partial charge < -0.3 is 5.73 Å². The van der Waals surface area contributed by atoms with E-state index in [2.05, 4.69) is 10.3 Å². The normalized spacial score (nSPS) is 10.9. The van der Waals surface area contributed by atoms with Crippen molar-refractivity contribution in [2.45, 2.75) is 13.1 Å². The first-order valence-electron chi connectivity index (χ1n) is 6.81. The molecule has 6 heteroatoms. The summed E-state index contributed by atoms with van der Waals surface area (Å²) in [5, 5.41) is 8.56. The van der Waals surface area contributed by atoms with Gasteiger partial charge in [0.15, 0.2) is 0 Å². The minimum absolute atomic E-state index is 0.197. The predicted molar refractivity (Wildman–Crippen MR) is 83.9 cm³/mol.